The van der Waals surface area contributed by atoms with Crippen LogP contribution in [0.5, 0.6) is 5.75 Å². The van der Waals surface area contributed by atoms with E-state index in [0.29, 0.717) is 0 Å². The van der Waals surface area contributed by atoms with E-state index >= 15 is 0 Å². The monoisotopic (exact) mass is 274 g/mol. The summed E-state index contributed by atoms with van der Waals surface area (Å²) < 4.78 is 5.81. The lowest BCUT2D eigenvalue weighted by atomic mass is 10.2. The summed E-state index contributed by atoms with van der Waals surface area (Å²) in [6.45, 7) is 4.01. The molecule has 0 aromatic heterocycles. The third-order valence-corrected chi connectivity index (χ3v) is 4.10. The largest absolute Gasteiger partial charge is 0.492 e. The van der Waals surface area contributed by atoms with Crippen molar-refractivity contribution >= 4 is 0 Å². The van der Waals surface area contributed by atoms with E-state index in [1.807, 2.05) is 0 Å². The highest BCUT2D eigenvalue weighted by atomic mass is 16.5. The van der Waals surface area contributed by atoms with Crippen molar-refractivity contribution in [2.75, 3.05) is 26.7 Å². The van der Waals surface area contributed by atoms with E-state index in [4.69, 9.17) is 4.74 Å². The minimum Gasteiger partial charge on any atom is -0.492 e. The first-order valence-electron chi connectivity index (χ1n) is 7.93. The molecule has 3 heteroatoms. The summed E-state index contributed by atoms with van der Waals surface area (Å²) in [5, 5.41) is 3.53. The topological polar surface area (TPSA) is 24.5 Å². The lowest BCUT2D eigenvalue weighted by Crippen LogP contribution is -2.26. The first-order valence-corrected chi connectivity index (χ1v) is 7.93. The molecule has 0 heterocycles. The van der Waals surface area contributed by atoms with Crippen LogP contribution in [-0.4, -0.2) is 37.7 Å². The molecule has 0 atom stereocenters. The number of nitrogens with zero attached hydrogens (tertiary/aromatic N) is 1. The molecule has 110 valence electrons. The molecule has 0 saturated heterocycles. The Morgan fingerprint density at radius 2 is 1.90 bits per heavy atom. The van der Waals surface area contributed by atoms with E-state index in [-0.39, 0.29) is 0 Å². The number of rotatable bonds is 9. The van der Waals surface area contributed by atoms with Crippen LogP contribution >= 0.6 is 0 Å². The second-order valence-corrected chi connectivity index (χ2v) is 6.35. The van der Waals surface area contributed by atoms with Crippen molar-refractivity contribution in [3.63, 3.8) is 0 Å². The van der Waals surface area contributed by atoms with Gasteiger partial charge in [-0.3, -0.25) is 0 Å². The molecule has 0 unspecified atom stereocenters. The van der Waals surface area contributed by atoms with Gasteiger partial charge in [0.2, 0.25) is 0 Å². The Hall–Kier alpha value is -1.06. The highest BCUT2D eigenvalue weighted by Gasteiger charge is 2.22. The number of benzene rings is 1. The maximum Gasteiger partial charge on any atom is 0.119 e. The predicted octanol–water partition coefficient (Wildman–Crippen LogP) is 2.66. The Kier molecular flexibility index (Phi) is 4.58. The van der Waals surface area contributed by atoms with Gasteiger partial charge in [0.1, 0.15) is 12.4 Å². The molecule has 0 spiro atoms. The normalized spacial score (nSPS) is 18.5. The molecular formula is C17H26N2O. The average Bonchev–Trinajstić information content (AvgIpc) is 3.33. The molecule has 1 N–H and O–H groups in total. The van der Waals surface area contributed by atoms with Crippen LogP contribution in [0.25, 0.3) is 0 Å². The van der Waals surface area contributed by atoms with Crippen LogP contribution in [0.4, 0.5) is 0 Å². The van der Waals surface area contributed by atoms with Crippen molar-refractivity contribution in [3.8, 4) is 5.75 Å². The first-order chi connectivity index (χ1) is 9.79. The van der Waals surface area contributed by atoms with E-state index in [1.165, 1.54) is 37.8 Å². The summed E-state index contributed by atoms with van der Waals surface area (Å²) in [4.78, 5) is 2.38. The zero-order valence-electron chi connectivity index (χ0n) is 12.5. The van der Waals surface area contributed by atoms with Gasteiger partial charge in [-0.1, -0.05) is 12.1 Å². The van der Waals surface area contributed by atoms with Gasteiger partial charge >= 0.3 is 0 Å². The molecule has 2 aliphatic carbocycles. The highest BCUT2D eigenvalue weighted by Crippen LogP contribution is 2.29. The summed E-state index contributed by atoms with van der Waals surface area (Å²) in [5.41, 5.74) is 1.34. The van der Waals surface area contributed by atoms with E-state index in [1.54, 1.807) is 0 Å². The lowest BCUT2D eigenvalue weighted by molar-refractivity contribution is 0.232. The van der Waals surface area contributed by atoms with Crippen LogP contribution in [0.1, 0.15) is 31.2 Å². The fraction of sp³-hybridized carbons (Fsp3) is 0.647. The van der Waals surface area contributed by atoms with Crippen molar-refractivity contribution in [1.29, 1.82) is 0 Å². The molecule has 20 heavy (non-hydrogen) atoms. The zero-order valence-corrected chi connectivity index (χ0v) is 12.5. The van der Waals surface area contributed by atoms with Crippen molar-refractivity contribution in [1.82, 2.24) is 10.2 Å². The second kappa shape index (κ2) is 6.59. The van der Waals surface area contributed by atoms with Crippen molar-refractivity contribution in [2.24, 2.45) is 5.92 Å². The van der Waals surface area contributed by atoms with E-state index in [9.17, 15) is 0 Å². The smallest absolute Gasteiger partial charge is 0.119 e. The number of ether oxygens (including phenoxy) is 1. The average molecular weight is 274 g/mol. The van der Waals surface area contributed by atoms with E-state index < -0.39 is 0 Å². The molecule has 2 saturated carbocycles. The minimum atomic E-state index is 0.771. The predicted molar refractivity (Wildman–Crippen MR) is 82.0 cm³/mol. The Labute approximate surface area is 122 Å². The molecular weight excluding hydrogens is 248 g/mol. The molecule has 1 aromatic rings. The van der Waals surface area contributed by atoms with Gasteiger partial charge in [0.25, 0.3) is 0 Å². The van der Waals surface area contributed by atoms with Crippen LogP contribution in [0.15, 0.2) is 24.3 Å². The molecule has 0 amide bonds. The van der Waals surface area contributed by atoms with Gasteiger partial charge in [-0.2, -0.15) is 0 Å². The van der Waals surface area contributed by atoms with Gasteiger partial charge in [0, 0.05) is 25.7 Å². The highest BCUT2D eigenvalue weighted by molar-refractivity contribution is 5.27. The van der Waals surface area contributed by atoms with Gasteiger partial charge in [-0.05, 0) is 56.3 Å². The van der Waals surface area contributed by atoms with Gasteiger partial charge in [-0.25, -0.2) is 0 Å². The molecule has 1 aromatic carbocycles. The Morgan fingerprint density at radius 1 is 1.15 bits per heavy atom. The van der Waals surface area contributed by atoms with E-state index in [2.05, 4.69) is 41.5 Å². The Morgan fingerprint density at radius 3 is 2.55 bits per heavy atom. The SMILES string of the molecule is CN(CCOc1ccc(CNC2CC2)cc1)CC1CC1. The first kappa shape index (κ1) is 13.9. The standard InChI is InChI=1S/C17H26N2O/c1-19(13-15-2-3-15)10-11-20-17-8-4-14(5-9-17)12-18-16-6-7-16/h4-5,8-9,15-16,18H,2-3,6-7,10-13H2,1H3. The van der Waals surface area contributed by atoms with Gasteiger partial charge in [-0.15, -0.1) is 0 Å². The minimum absolute atomic E-state index is 0.771. The summed E-state index contributed by atoms with van der Waals surface area (Å²) in [6.07, 6.45) is 5.52. The maximum absolute atomic E-state index is 5.81. The fourth-order valence-electron chi connectivity index (χ4n) is 2.40. The molecule has 3 nitrogen and oxygen atoms in total. The van der Waals surface area contributed by atoms with Gasteiger partial charge < -0.3 is 15.0 Å². The van der Waals surface area contributed by atoms with Crippen LogP contribution in [0, 0.1) is 5.92 Å². The Bertz CT molecular complexity index is 410. The van der Waals surface area contributed by atoms with Gasteiger partial charge in [0.05, 0.1) is 0 Å². The molecule has 0 radical (unpaired) electrons. The number of nitrogens with one attached hydrogen (secondary N) is 1. The number of likely N-dealkylation sites (N-methyl/N-ethyl adjacent to an activating group) is 1. The summed E-state index contributed by atoms with van der Waals surface area (Å²) in [5.74, 6) is 1.94. The van der Waals surface area contributed by atoms with Crippen molar-refractivity contribution in [2.45, 2.75) is 38.3 Å². The van der Waals surface area contributed by atoms with Crippen LogP contribution < -0.4 is 10.1 Å². The molecule has 2 fully saturated rings. The van der Waals surface area contributed by atoms with Gasteiger partial charge in [0.15, 0.2) is 0 Å². The Balaban J connectivity index is 1.33. The fourth-order valence-corrected chi connectivity index (χ4v) is 2.40. The van der Waals surface area contributed by atoms with Crippen LogP contribution in [0.3, 0.4) is 0 Å². The van der Waals surface area contributed by atoms with Crippen LogP contribution in [0.2, 0.25) is 0 Å². The van der Waals surface area contributed by atoms with Crippen molar-refractivity contribution in [3.05, 3.63) is 29.8 Å². The summed E-state index contributed by atoms with van der Waals surface area (Å²) >= 11 is 0. The van der Waals surface area contributed by atoms with Crippen molar-refractivity contribution < 1.29 is 4.74 Å². The number of hydrogen-bond donors (Lipinski definition) is 1. The molecule has 2 aliphatic rings. The van der Waals surface area contributed by atoms with Crippen LogP contribution in [-0.2, 0) is 6.54 Å². The number of hydrogen-bond acceptors (Lipinski definition) is 3. The molecule has 3 rings (SSSR count). The third-order valence-electron chi connectivity index (χ3n) is 4.10. The maximum atomic E-state index is 5.81. The summed E-state index contributed by atoms with van der Waals surface area (Å²) in [6, 6.07) is 9.28. The molecule has 0 bridgehead atoms. The summed E-state index contributed by atoms with van der Waals surface area (Å²) in [7, 11) is 2.19. The van der Waals surface area contributed by atoms with E-state index in [0.717, 1.165) is 37.4 Å². The third kappa shape index (κ3) is 4.80. The second-order valence-electron chi connectivity index (χ2n) is 6.35. The molecule has 0 aliphatic heterocycles. The lowest BCUT2D eigenvalue weighted by Gasteiger charge is -2.16. The zero-order chi connectivity index (χ0) is 13.8. The quantitative estimate of drug-likeness (QED) is 0.749.